The van der Waals surface area contributed by atoms with Crippen molar-refractivity contribution in [2.24, 2.45) is 5.41 Å². The van der Waals surface area contributed by atoms with Crippen LogP contribution in [0.5, 0.6) is 0 Å². The Kier molecular flexibility index (Phi) is 4.22. The zero-order valence-corrected chi connectivity index (χ0v) is 15.2. The first-order valence-corrected chi connectivity index (χ1v) is 9.27. The molecule has 1 aromatic heterocycles. The molecule has 8 heteroatoms. The van der Waals surface area contributed by atoms with Crippen LogP contribution in [0.3, 0.4) is 0 Å². The van der Waals surface area contributed by atoms with Gasteiger partial charge in [0, 0.05) is 25.4 Å². The van der Waals surface area contributed by atoms with Gasteiger partial charge in [-0.2, -0.15) is 5.26 Å². The molecule has 0 saturated carbocycles. The smallest absolute Gasteiger partial charge is 0.260 e. The van der Waals surface area contributed by atoms with E-state index in [2.05, 4.69) is 9.97 Å². The lowest BCUT2D eigenvalue weighted by Crippen LogP contribution is -2.41. The van der Waals surface area contributed by atoms with Gasteiger partial charge in [-0.05, 0) is 24.5 Å². The van der Waals surface area contributed by atoms with Gasteiger partial charge in [-0.25, -0.2) is 18.4 Å². The van der Waals surface area contributed by atoms with Gasteiger partial charge in [0.25, 0.3) is 10.0 Å². The molecule has 0 bridgehead atoms. The van der Waals surface area contributed by atoms with Gasteiger partial charge in [0.15, 0.2) is 0 Å². The molecule has 0 spiro atoms. The van der Waals surface area contributed by atoms with Crippen LogP contribution in [-0.4, -0.2) is 35.9 Å². The number of hydrogen-bond donors (Lipinski definition) is 0. The molecule has 0 amide bonds. The average Bonchev–Trinajstić information content (AvgIpc) is 2.92. The highest BCUT2D eigenvalue weighted by atomic mass is 32.2. The molecule has 1 aromatic carbocycles. The summed E-state index contributed by atoms with van der Waals surface area (Å²) in [5, 5.41) is 10.6. The maximum absolute atomic E-state index is 13.1. The average molecular weight is 357 g/mol. The fourth-order valence-corrected chi connectivity index (χ4v) is 4.42. The van der Waals surface area contributed by atoms with Gasteiger partial charge in [0.1, 0.15) is 11.9 Å². The van der Waals surface area contributed by atoms with Crippen molar-refractivity contribution in [3.8, 4) is 6.07 Å². The first-order valence-electron chi connectivity index (χ1n) is 7.83. The van der Waals surface area contributed by atoms with Crippen LogP contribution in [-0.2, 0) is 10.0 Å². The summed E-state index contributed by atoms with van der Waals surface area (Å²) in [6.07, 6.45) is 1.46. The van der Waals surface area contributed by atoms with Crippen LogP contribution < -0.4 is 5.01 Å². The topological polar surface area (TPSA) is 90.2 Å². The number of nitrogens with zero attached hydrogens (tertiary/aromatic N) is 5. The van der Waals surface area contributed by atoms with Crippen molar-refractivity contribution in [2.45, 2.75) is 25.7 Å². The normalized spacial score (nSPS) is 17.4. The second-order valence-corrected chi connectivity index (χ2v) is 8.71. The lowest BCUT2D eigenvalue weighted by Gasteiger charge is -2.27. The Hall–Kier alpha value is -2.50. The highest BCUT2D eigenvalue weighted by Gasteiger charge is 2.43. The minimum atomic E-state index is -3.73. The Balaban J connectivity index is 2.05. The molecule has 0 atom stereocenters. The molecule has 7 nitrogen and oxygen atoms in total. The van der Waals surface area contributed by atoms with Gasteiger partial charge in [0.05, 0.1) is 4.90 Å². The van der Waals surface area contributed by atoms with E-state index in [1.807, 2.05) is 26.8 Å². The predicted molar refractivity (Wildman–Crippen MR) is 92.9 cm³/mol. The zero-order valence-electron chi connectivity index (χ0n) is 14.3. The van der Waals surface area contributed by atoms with Gasteiger partial charge in [-0.3, -0.25) is 5.01 Å². The van der Waals surface area contributed by atoms with E-state index >= 15 is 0 Å². The van der Waals surface area contributed by atoms with Gasteiger partial charge >= 0.3 is 0 Å². The van der Waals surface area contributed by atoms with E-state index in [9.17, 15) is 8.42 Å². The maximum Gasteiger partial charge on any atom is 0.260 e. The molecule has 2 aromatic rings. The second-order valence-electron chi connectivity index (χ2n) is 6.87. The minimum Gasteiger partial charge on any atom is -0.275 e. The number of nitriles is 1. The number of sulfonamides is 1. The summed E-state index contributed by atoms with van der Waals surface area (Å²) in [5.74, 6) is 0.405. The van der Waals surface area contributed by atoms with Crippen LogP contribution in [0.25, 0.3) is 0 Å². The second kappa shape index (κ2) is 6.10. The van der Waals surface area contributed by atoms with E-state index in [0.717, 1.165) is 5.56 Å². The first kappa shape index (κ1) is 17.3. The van der Waals surface area contributed by atoms with E-state index in [4.69, 9.17) is 5.26 Å². The van der Waals surface area contributed by atoms with Gasteiger partial charge < -0.3 is 0 Å². The molecular weight excluding hydrogens is 338 g/mol. The Morgan fingerprint density at radius 2 is 1.84 bits per heavy atom. The molecule has 0 radical (unpaired) electrons. The molecule has 1 aliphatic rings. The molecule has 25 heavy (non-hydrogen) atoms. The summed E-state index contributed by atoms with van der Waals surface area (Å²) in [6, 6.07) is 10.3. The number of aryl methyl sites for hydroxylation is 1. The summed E-state index contributed by atoms with van der Waals surface area (Å²) < 4.78 is 27.6. The van der Waals surface area contributed by atoms with Crippen LogP contribution in [0.2, 0.25) is 0 Å². The summed E-state index contributed by atoms with van der Waals surface area (Å²) in [5.41, 5.74) is 0.738. The molecule has 1 fully saturated rings. The van der Waals surface area contributed by atoms with E-state index < -0.39 is 10.0 Å². The Bertz CT molecular complexity index is 932. The third-order valence-corrected chi connectivity index (χ3v) is 5.76. The molecule has 1 saturated heterocycles. The maximum atomic E-state index is 13.1. The number of hydrogen-bond acceptors (Lipinski definition) is 6. The van der Waals surface area contributed by atoms with E-state index in [1.54, 1.807) is 35.3 Å². The van der Waals surface area contributed by atoms with Crippen LogP contribution in [0.15, 0.2) is 41.4 Å². The number of benzene rings is 1. The largest absolute Gasteiger partial charge is 0.275 e. The molecule has 2 heterocycles. The van der Waals surface area contributed by atoms with Gasteiger partial charge in [0.2, 0.25) is 5.82 Å². The third-order valence-electron chi connectivity index (χ3n) is 4.01. The molecule has 0 unspecified atom stereocenters. The van der Waals surface area contributed by atoms with E-state index in [-0.39, 0.29) is 16.1 Å². The molecule has 0 aliphatic carbocycles. The summed E-state index contributed by atoms with van der Waals surface area (Å²) in [6.45, 7) is 6.70. The van der Waals surface area contributed by atoms with Crippen molar-refractivity contribution in [1.82, 2.24) is 14.4 Å². The lowest BCUT2D eigenvalue weighted by molar-refractivity contribution is 0.383. The van der Waals surface area contributed by atoms with Crippen molar-refractivity contribution >= 4 is 15.8 Å². The lowest BCUT2D eigenvalue weighted by atomic mass is 9.95. The van der Waals surface area contributed by atoms with Crippen LogP contribution in [0.1, 0.15) is 25.2 Å². The number of anilines is 1. The van der Waals surface area contributed by atoms with Crippen molar-refractivity contribution < 1.29 is 8.42 Å². The van der Waals surface area contributed by atoms with Crippen molar-refractivity contribution in [1.29, 1.82) is 5.26 Å². The summed E-state index contributed by atoms with van der Waals surface area (Å²) in [4.78, 5) is 8.24. The zero-order chi connectivity index (χ0) is 18.2. The highest BCUT2D eigenvalue weighted by Crippen LogP contribution is 2.35. The quantitative estimate of drug-likeness (QED) is 0.836. The molecule has 0 N–H and O–H groups in total. The van der Waals surface area contributed by atoms with Crippen LogP contribution in [0, 0.1) is 23.7 Å². The molecular formula is C17H19N5O2S. The standard InChI is InChI=1S/C17H19N5O2S/c1-13-4-6-14(7-5-13)25(23,24)22-12-17(2,3)11-21(22)16-8-9-19-15(10-18)20-16/h4-9H,11-12H2,1-3H3. The third kappa shape index (κ3) is 3.34. The molecule has 1 aliphatic heterocycles. The van der Waals surface area contributed by atoms with E-state index in [0.29, 0.717) is 18.9 Å². The van der Waals surface area contributed by atoms with E-state index in [1.165, 1.54) is 10.6 Å². The molecule has 3 rings (SSSR count). The Labute approximate surface area is 147 Å². The fraction of sp³-hybridized carbons (Fsp3) is 0.353. The Morgan fingerprint density at radius 1 is 1.16 bits per heavy atom. The predicted octanol–water partition coefficient (Wildman–Crippen LogP) is 2.11. The molecule has 130 valence electrons. The summed E-state index contributed by atoms with van der Waals surface area (Å²) >= 11 is 0. The summed E-state index contributed by atoms with van der Waals surface area (Å²) in [7, 11) is -3.73. The SMILES string of the molecule is Cc1ccc(S(=O)(=O)N2CC(C)(C)CN2c2ccnc(C#N)n2)cc1. The van der Waals surface area contributed by atoms with Crippen LogP contribution >= 0.6 is 0 Å². The highest BCUT2D eigenvalue weighted by molar-refractivity contribution is 7.89. The van der Waals surface area contributed by atoms with Crippen molar-refractivity contribution in [3.05, 3.63) is 47.9 Å². The van der Waals surface area contributed by atoms with Crippen molar-refractivity contribution in [2.75, 3.05) is 18.1 Å². The monoisotopic (exact) mass is 357 g/mol. The number of hydrazine groups is 1. The van der Waals surface area contributed by atoms with Gasteiger partial charge in [-0.15, -0.1) is 4.41 Å². The number of aromatic nitrogens is 2. The van der Waals surface area contributed by atoms with Gasteiger partial charge in [-0.1, -0.05) is 31.5 Å². The first-order chi connectivity index (χ1) is 11.7. The number of rotatable bonds is 3. The minimum absolute atomic E-state index is 0.00916. The van der Waals surface area contributed by atoms with Crippen LogP contribution in [0.4, 0.5) is 5.82 Å². The Morgan fingerprint density at radius 3 is 2.48 bits per heavy atom. The van der Waals surface area contributed by atoms with Crippen molar-refractivity contribution in [3.63, 3.8) is 0 Å². The fourth-order valence-electron chi connectivity index (χ4n) is 2.77.